The van der Waals surface area contributed by atoms with Crippen molar-refractivity contribution >= 4 is 93.4 Å². The normalized spacial score (nSPS) is 19.9. The van der Waals surface area contributed by atoms with Gasteiger partial charge >= 0.3 is 23.9 Å². The fourth-order valence-electron chi connectivity index (χ4n) is 21.2. The van der Waals surface area contributed by atoms with E-state index in [1.165, 1.54) is 7.11 Å². The van der Waals surface area contributed by atoms with Crippen LogP contribution in [0.4, 0.5) is 17.1 Å². The molecule has 0 aromatic heterocycles. The lowest BCUT2D eigenvalue weighted by Gasteiger charge is -2.34. The van der Waals surface area contributed by atoms with Crippen LogP contribution >= 0.6 is 0 Å². The molecule has 6 aromatic carbocycles. The van der Waals surface area contributed by atoms with Crippen LogP contribution in [0.5, 0.6) is 0 Å². The molecule has 26 heteroatoms. The molecular formula is C120H163N7O19. The van der Waals surface area contributed by atoms with Gasteiger partial charge in [0.1, 0.15) is 48.6 Å². The number of rotatable bonds is 43. The highest BCUT2D eigenvalue weighted by atomic mass is 16.6. The summed E-state index contributed by atoms with van der Waals surface area (Å²) >= 11 is 0. The van der Waals surface area contributed by atoms with Crippen LogP contribution in [0.3, 0.4) is 0 Å². The highest BCUT2D eigenvalue weighted by Gasteiger charge is 2.51. The summed E-state index contributed by atoms with van der Waals surface area (Å²) in [5.41, 5.74) is 13.3. The maximum atomic E-state index is 14.5. The lowest BCUT2D eigenvalue weighted by atomic mass is 9.77. The van der Waals surface area contributed by atoms with Gasteiger partial charge in [-0.3, -0.25) is 57.5 Å². The molecule has 11 atom stereocenters. The second kappa shape index (κ2) is 53.2. The van der Waals surface area contributed by atoms with Crippen molar-refractivity contribution in [3.63, 3.8) is 0 Å². The largest absolute Gasteiger partial charge is 0.467 e. The molecule has 9 aliphatic rings. The van der Waals surface area contributed by atoms with Gasteiger partial charge in [-0.15, -0.1) is 0 Å². The van der Waals surface area contributed by atoms with E-state index in [-0.39, 0.29) is 154 Å². The van der Waals surface area contributed by atoms with Crippen LogP contribution in [-0.2, 0) is 81.3 Å². The molecule has 6 aliphatic carbocycles. The Bertz CT molecular complexity index is 5320. The van der Waals surface area contributed by atoms with Crippen LogP contribution in [0.2, 0.25) is 0 Å². The van der Waals surface area contributed by atoms with E-state index < -0.39 is 87.9 Å². The van der Waals surface area contributed by atoms with Gasteiger partial charge in [0.05, 0.1) is 70.7 Å². The molecule has 9 fully saturated rings. The van der Waals surface area contributed by atoms with Crippen LogP contribution < -0.4 is 20.4 Å². The summed E-state index contributed by atoms with van der Waals surface area (Å²) in [4.78, 5) is 184. The summed E-state index contributed by atoms with van der Waals surface area (Å²) in [6.07, 6.45) is 20.4. The van der Waals surface area contributed by atoms with Crippen LogP contribution in [0.25, 0.3) is 33.4 Å². The number of Topliss-reactive ketones (excluding diaryl/α,β-unsaturated/α-hetero) is 6. The molecular weight excluding hydrogens is 1840 g/mol. The number of carbonyl (C=O) groups excluding carboxylic acids is 13. The van der Waals surface area contributed by atoms with Crippen molar-refractivity contribution in [1.82, 2.24) is 14.7 Å². The number of aliphatic hydroxyl groups is 2. The Kier molecular flexibility index (Phi) is 41.4. The van der Waals surface area contributed by atoms with E-state index >= 15 is 0 Å². The van der Waals surface area contributed by atoms with Crippen molar-refractivity contribution in [2.75, 3.05) is 61.4 Å². The van der Waals surface area contributed by atoms with Gasteiger partial charge in [0.15, 0.2) is 28.9 Å². The van der Waals surface area contributed by atoms with Gasteiger partial charge in [0.25, 0.3) is 0 Å². The fourth-order valence-corrected chi connectivity index (χ4v) is 21.2. The van der Waals surface area contributed by atoms with Gasteiger partial charge in [-0.05, 0) is 245 Å². The molecule has 792 valence electrons. The monoisotopic (exact) mass is 2010 g/mol. The molecule has 2 unspecified atom stereocenters. The Morgan fingerprint density at radius 3 is 0.959 bits per heavy atom. The van der Waals surface area contributed by atoms with Crippen molar-refractivity contribution in [2.24, 2.45) is 69.3 Å². The molecule has 146 heavy (non-hydrogen) atoms. The van der Waals surface area contributed by atoms with Gasteiger partial charge in [-0.25, -0.2) is 4.79 Å². The first-order chi connectivity index (χ1) is 69.7. The second-order valence-electron chi connectivity index (χ2n) is 45.8. The Morgan fingerprint density at radius 1 is 0.356 bits per heavy atom. The third-order valence-corrected chi connectivity index (χ3v) is 30.8. The maximum absolute atomic E-state index is 14.5. The van der Waals surface area contributed by atoms with E-state index in [9.17, 15) is 72.5 Å². The minimum absolute atomic E-state index is 0.00496. The van der Waals surface area contributed by atoms with Crippen LogP contribution in [0.1, 0.15) is 289 Å². The first kappa shape index (κ1) is 114. The Balaban J connectivity index is 0.000000184. The van der Waals surface area contributed by atoms with E-state index in [2.05, 4.69) is 24.3 Å². The van der Waals surface area contributed by atoms with Crippen LogP contribution in [-0.4, -0.2) is 203 Å². The predicted molar refractivity (Wildman–Crippen MR) is 567 cm³/mol. The third kappa shape index (κ3) is 32.7. The number of methoxy groups -OCH3 is 1. The number of esters is 4. The molecule has 15 rings (SSSR count). The zero-order chi connectivity index (χ0) is 105. The van der Waals surface area contributed by atoms with Gasteiger partial charge < -0.3 is 64.3 Å². The van der Waals surface area contributed by atoms with E-state index in [4.69, 9.17) is 24.7 Å². The minimum atomic E-state index is -1.19. The van der Waals surface area contributed by atoms with Crippen LogP contribution in [0, 0.1) is 63.6 Å². The Labute approximate surface area is 865 Å². The number of aliphatic hydroxyl groups excluding tert-OH is 2. The molecule has 3 saturated heterocycles. The number of amides is 3. The first-order valence-electron chi connectivity index (χ1n) is 54.3. The molecule has 0 bridgehead atoms. The van der Waals surface area contributed by atoms with Crippen molar-refractivity contribution in [2.45, 2.75) is 343 Å². The number of ketones is 6. The van der Waals surface area contributed by atoms with Gasteiger partial charge in [0, 0.05) is 74.2 Å². The van der Waals surface area contributed by atoms with Crippen molar-refractivity contribution < 1.29 is 91.5 Å². The molecule has 3 heterocycles. The molecule has 26 nitrogen and oxygen atoms in total. The number of nitrogens with two attached hydrogens (primary N) is 1. The van der Waals surface area contributed by atoms with Crippen molar-refractivity contribution in [3.8, 4) is 33.4 Å². The Morgan fingerprint density at radius 2 is 0.651 bits per heavy atom. The molecule has 0 radical (unpaired) electrons. The minimum Gasteiger partial charge on any atom is -0.467 e. The topological polar surface area (TPSA) is 345 Å². The summed E-state index contributed by atoms with van der Waals surface area (Å²) in [5.74, 6) is -5.77. The zero-order valence-corrected chi connectivity index (χ0v) is 88.9. The van der Waals surface area contributed by atoms with Gasteiger partial charge in [-0.2, -0.15) is 0 Å². The standard InChI is InChI=1S/C40H54N2O6.C40H52N2O6.C30H38N2O5.C10H19NO2/c2*1-5-11-30(38(46)36(44)22-27-16-17-27)23-35(43)34-25-41(31-20-18-29(19-21-31)28-12-7-6-8-13-28)26-42(34)39(47)33(40(2,3)4)24-37(45)48-32-14-9-10-15-32;1-30(2,3)25(18-27(33)37-24-12-8-9-13-24)28(34)32-20-31(19-26(32)29(35)36-4)23-16-14-22(15-17-23)21-10-6-5-7-11-21;1-2-3-8(11)10(13)9(12)6-7-4-5-7/h6-8,12-13,18-21,27,30,32-34,38,46H,5,9-11,14-17,22-26H2,1-4H3;6-8,12-13,18-21,27,30,32-34H,5,9-11,14-17,22-26H2,1-4H3;5-7,10-11,14-17,24-26H,8-9,12-13,18-20H2,1-4H3;7-8,10,13H,2-6,11H2,1H3/t30-,33-,34+,38?;30-,33-,34+;25-,26+;8-,10?/m1110/s1. The lowest BCUT2D eigenvalue weighted by Crippen LogP contribution is -2.48. The van der Waals surface area contributed by atoms with E-state index in [1.807, 2.05) is 237 Å². The molecule has 0 spiro atoms. The second-order valence-corrected chi connectivity index (χ2v) is 45.8. The number of carbonyl (C=O) groups is 13. The third-order valence-electron chi connectivity index (χ3n) is 30.8. The molecule has 3 aliphatic heterocycles. The summed E-state index contributed by atoms with van der Waals surface area (Å²) in [7, 11) is 1.34. The summed E-state index contributed by atoms with van der Waals surface area (Å²) < 4.78 is 22.3. The zero-order valence-electron chi connectivity index (χ0n) is 88.9. The predicted octanol–water partition coefficient (Wildman–Crippen LogP) is 20.0. The van der Waals surface area contributed by atoms with Crippen molar-refractivity contribution in [1.29, 1.82) is 0 Å². The summed E-state index contributed by atoms with van der Waals surface area (Å²) in [6.45, 7) is 24.9. The number of benzene rings is 6. The SMILES string of the molecule is CCC[C@H](CC(=O)[C@@H]1CN(c2ccc(-c3ccccc3)cc2)CN1C(=O)[C@@H](CC(=O)OC1CCCC1)C(C)(C)C)C(=O)C(=O)CC1CC1.CCC[C@H](CC(=O)[C@@H]1CN(c2ccc(-c3ccccc3)cc2)CN1C(=O)[C@@H](CC(=O)OC1CCCC1)C(C)(C)C)C(O)C(=O)CC1CC1.CCC[C@H](N)C(O)C(=O)CC1CC1.COC(=O)[C@@H]1CN(c2ccc(-c3ccccc3)cc2)CN1C(=O)[C@@H](CC(=O)OC1CCCC1)C(C)(C)C. The fraction of sp³-hybridized carbons (Fsp3) is 0.592. The summed E-state index contributed by atoms with van der Waals surface area (Å²) in [6, 6.07) is 51.8. The summed E-state index contributed by atoms with van der Waals surface area (Å²) in [5, 5.41) is 20.6. The molecule has 3 amide bonds. The van der Waals surface area contributed by atoms with E-state index in [1.54, 1.807) is 14.7 Å². The van der Waals surface area contributed by atoms with E-state index in [0.29, 0.717) is 62.9 Å². The average molecular weight is 2010 g/mol. The highest BCUT2D eigenvalue weighted by Crippen LogP contribution is 2.43. The number of nitrogens with zero attached hydrogens (tertiary/aromatic N) is 6. The number of anilines is 3. The van der Waals surface area contributed by atoms with Crippen LogP contribution in [0.15, 0.2) is 164 Å². The molecule has 6 saturated carbocycles. The number of ether oxygens (including phenoxy) is 4. The quantitative estimate of drug-likeness (QED) is 0.0182. The maximum Gasteiger partial charge on any atom is 0.330 e. The lowest BCUT2D eigenvalue weighted by molar-refractivity contribution is -0.158. The molecule has 6 aromatic rings. The first-order valence-corrected chi connectivity index (χ1v) is 54.3. The number of hydrogen-bond acceptors (Lipinski definition) is 23. The Hall–Kier alpha value is -11.1. The van der Waals surface area contributed by atoms with Crippen molar-refractivity contribution in [3.05, 3.63) is 164 Å². The average Bonchev–Trinajstić information content (AvgIpc) is 1.27. The number of hydrogen-bond donors (Lipinski definition) is 3. The van der Waals surface area contributed by atoms with E-state index in [0.717, 1.165) is 185 Å². The highest BCUT2D eigenvalue weighted by molar-refractivity contribution is 6.38. The smallest absolute Gasteiger partial charge is 0.330 e. The molecule has 4 N–H and O–H groups in total. The van der Waals surface area contributed by atoms with Gasteiger partial charge in [-0.1, -0.05) is 230 Å². The van der Waals surface area contributed by atoms with Gasteiger partial charge in [0.2, 0.25) is 23.5 Å².